The van der Waals surface area contributed by atoms with Gasteiger partial charge in [0, 0.05) is 0 Å². The summed E-state index contributed by atoms with van der Waals surface area (Å²) in [6.45, 7) is 0. The molecule has 1 rings (SSSR count). The number of hydrogen-bond acceptors (Lipinski definition) is 1. The summed E-state index contributed by atoms with van der Waals surface area (Å²) in [5.41, 5.74) is 0. The molecular weight excluding hydrogens is 890 g/mol. The third kappa shape index (κ3) is 5.33. The maximum absolute atomic E-state index is 15.0. The van der Waals surface area contributed by atoms with E-state index in [1.165, 1.54) is 0 Å². The predicted octanol–water partition coefficient (Wildman–Crippen LogP) is 10.7. The van der Waals surface area contributed by atoms with Crippen molar-refractivity contribution in [3.8, 4) is 0 Å². The Morgan fingerprint density at radius 2 is 0.481 bits per heavy atom. The molecule has 1 atom stereocenters. The highest BCUT2D eigenvalue weighted by molar-refractivity contribution is 5.22. The Morgan fingerprint density at radius 3 is 0.667 bits per heavy atom. The molecule has 0 radical (unpaired) electrons. The summed E-state index contributed by atoms with van der Waals surface area (Å²) in [7, 11) is 0. The molecule has 1 heterocycles. The van der Waals surface area contributed by atoms with E-state index in [4.69, 9.17) is 0 Å². The molecule has 0 bridgehead atoms. The third-order valence-electron chi connectivity index (χ3n) is 6.54. The lowest BCUT2D eigenvalue weighted by molar-refractivity contribution is -0.490. The van der Waals surface area contributed by atoms with Crippen molar-refractivity contribution in [1.82, 2.24) is 9.55 Å². The number of hydrogen-bond donors (Lipinski definition) is 0. The van der Waals surface area contributed by atoms with Crippen LogP contribution >= 0.6 is 0 Å². The maximum Gasteiger partial charge on any atom is 0.460 e. The summed E-state index contributed by atoms with van der Waals surface area (Å²) >= 11 is 0. The summed E-state index contributed by atoms with van der Waals surface area (Å²) in [6, 6.07) is 0. The van der Waals surface area contributed by atoms with Crippen molar-refractivity contribution in [2.75, 3.05) is 0 Å². The first-order valence-electron chi connectivity index (χ1n) is 11.3. The Morgan fingerprint density at radius 1 is 0.278 bits per heavy atom. The van der Waals surface area contributed by atoms with Crippen LogP contribution in [0.25, 0.3) is 0 Å². The second-order valence-electron chi connectivity index (χ2n) is 9.81. The quantitative estimate of drug-likeness (QED) is 0.181. The summed E-state index contributed by atoms with van der Waals surface area (Å²) in [5.74, 6) is -136. The highest BCUT2D eigenvalue weighted by atomic mass is 19.4. The van der Waals surface area contributed by atoms with E-state index in [0.29, 0.717) is 0 Å². The van der Waals surface area contributed by atoms with Crippen LogP contribution in [0.4, 0.5) is 149 Å². The first kappa shape index (κ1) is 48.8. The van der Waals surface area contributed by atoms with Gasteiger partial charge in [-0.25, -0.2) is 8.96 Å². The van der Waals surface area contributed by atoms with Crippen molar-refractivity contribution >= 4 is 0 Å². The largest absolute Gasteiger partial charge is 0.460 e. The maximum atomic E-state index is 15.0. The van der Waals surface area contributed by atoms with E-state index in [0.717, 1.165) is 4.98 Å². The van der Waals surface area contributed by atoms with Crippen molar-refractivity contribution in [2.24, 2.45) is 0 Å². The zero-order valence-corrected chi connectivity index (χ0v) is 22.7. The number of rotatable bonds is 13. The lowest BCUT2D eigenvalue weighted by Crippen LogP contribution is -2.80. The van der Waals surface area contributed by atoms with Gasteiger partial charge in [0.2, 0.25) is 0 Å². The zero-order valence-electron chi connectivity index (χ0n) is 22.7. The summed E-state index contributed by atoms with van der Waals surface area (Å²) in [4.78, 5) is 0.968. The Labute approximate surface area is 267 Å². The molecule has 2 nitrogen and oxygen atoms in total. The molecule has 0 aliphatic heterocycles. The molecule has 0 saturated carbocycles. The number of imidazole rings is 1. The minimum Gasteiger partial charge on any atom is -0.228 e. The molecule has 0 amide bonds. The molecule has 0 fully saturated rings. The smallest absolute Gasteiger partial charge is 0.228 e. The zero-order chi connectivity index (χ0) is 44.5. The van der Waals surface area contributed by atoms with Crippen LogP contribution in [-0.2, 0) is 5.79 Å². The van der Waals surface area contributed by atoms with Gasteiger partial charge >= 0.3 is 89.2 Å². The first-order valence-corrected chi connectivity index (χ1v) is 11.3. The molecule has 0 aliphatic carbocycles. The van der Waals surface area contributed by atoms with Crippen molar-refractivity contribution in [3.63, 3.8) is 0 Å². The normalized spacial score (nSPS) is 17.6. The van der Waals surface area contributed by atoms with Gasteiger partial charge in [-0.3, -0.25) is 0 Å². The van der Waals surface area contributed by atoms with E-state index in [1.807, 2.05) is 0 Å². The summed E-state index contributed by atoms with van der Waals surface area (Å²) in [6.07, 6.45) is -21.4. The average Bonchev–Trinajstić information content (AvgIpc) is 3.20. The van der Waals surface area contributed by atoms with Crippen LogP contribution in [0, 0.1) is 18.0 Å². The minimum absolute atomic E-state index is 0.968. The Hall–Kier alpha value is -3.17. The Bertz CT molecular complexity index is 1550. The van der Waals surface area contributed by atoms with Gasteiger partial charge in [0.25, 0.3) is 18.0 Å². The molecule has 36 heteroatoms. The standard InChI is InChI=1S/C18F34N2/c19-1-2(20)54(3(21)53-1)16(46,15(44,45)18(50,51)52)13(40,41)11(36,37)9(32,33)7(28,29)5(24,25)4(22,23)6(26,27)8(30,31)10(34,35)12(38,39)14(42,43)17(47,48)49. The van der Waals surface area contributed by atoms with Gasteiger partial charge < -0.3 is 0 Å². The van der Waals surface area contributed by atoms with Crippen molar-refractivity contribution in [1.29, 1.82) is 0 Å². The monoisotopic (exact) mass is 890 g/mol. The molecule has 1 aromatic heterocycles. The molecule has 1 unspecified atom stereocenters. The molecule has 0 aromatic carbocycles. The van der Waals surface area contributed by atoms with Crippen LogP contribution in [0.2, 0.25) is 0 Å². The van der Waals surface area contributed by atoms with Crippen LogP contribution in [0.5, 0.6) is 0 Å². The van der Waals surface area contributed by atoms with Gasteiger partial charge in [0.15, 0.2) is 0 Å². The number of alkyl halides is 31. The highest BCUT2D eigenvalue weighted by Gasteiger charge is 3.01. The predicted molar refractivity (Wildman–Crippen MR) is 92.7 cm³/mol. The van der Waals surface area contributed by atoms with E-state index in [9.17, 15) is 149 Å². The SMILES string of the molecule is Fc1nc(F)n(C(F)(C(F)(F)C(F)(F)F)C(F)(F)C(F)(F)C(F)(F)C(F)(F)C(F)(F)C(F)(F)C(F)(F)C(F)(F)C(F)(F)C(F)(F)C(F)(F)C(F)(F)F)c1F. The second kappa shape index (κ2) is 11.9. The molecule has 320 valence electrons. The fourth-order valence-electron chi connectivity index (χ4n) is 3.44. The van der Waals surface area contributed by atoms with Crippen LogP contribution in [0.1, 0.15) is 0 Å². The second-order valence-corrected chi connectivity index (χ2v) is 9.81. The number of halogens is 34. The Balaban J connectivity index is 4.28. The van der Waals surface area contributed by atoms with Crippen LogP contribution < -0.4 is 0 Å². The fraction of sp³-hybridized carbons (Fsp3) is 0.833. The van der Waals surface area contributed by atoms with Crippen molar-refractivity contribution in [2.45, 2.75) is 89.2 Å². The third-order valence-corrected chi connectivity index (χ3v) is 6.54. The Kier molecular flexibility index (Phi) is 10.8. The molecular formula is C18F34N2. The molecule has 0 aliphatic rings. The average molecular weight is 890 g/mol. The molecule has 0 N–H and O–H groups in total. The number of nitrogens with zero attached hydrogens (tertiary/aromatic N) is 2. The van der Waals surface area contributed by atoms with Gasteiger partial charge in [0.1, 0.15) is 0 Å². The lowest BCUT2D eigenvalue weighted by Gasteiger charge is -2.47. The van der Waals surface area contributed by atoms with E-state index in [-0.39, 0.29) is 0 Å². The van der Waals surface area contributed by atoms with Gasteiger partial charge in [-0.1, -0.05) is 0 Å². The highest BCUT2D eigenvalue weighted by Crippen LogP contribution is 2.70. The van der Waals surface area contributed by atoms with E-state index >= 15 is 0 Å². The summed E-state index contributed by atoms with van der Waals surface area (Å²) in [5, 5.41) is 0. The van der Waals surface area contributed by atoms with Gasteiger partial charge in [0.05, 0.1) is 0 Å². The van der Waals surface area contributed by atoms with Gasteiger partial charge in [-0.05, 0) is 0 Å². The van der Waals surface area contributed by atoms with Gasteiger partial charge in [-0.2, -0.15) is 150 Å². The molecule has 1 aromatic rings. The van der Waals surface area contributed by atoms with E-state index < -0.39 is 112 Å². The van der Waals surface area contributed by atoms with Gasteiger partial charge in [-0.15, -0.1) is 0 Å². The molecule has 0 saturated heterocycles. The van der Waals surface area contributed by atoms with Crippen molar-refractivity contribution < 1.29 is 149 Å². The van der Waals surface area contributed by atoms with Crippen LogP contribution in [-0.4, -0.2) is 93.0 Å². The van der Waals surface area contributed by atoms with E-state index in [1.54, 1.807) is 0 Å². The number of aromatic nitrogens is 2. The molecule has 54 heavy (non-hydrogen) atoms. The fourth-order valence-corrected chi connectivity index (χ4v) is 3.44. The van der Waals surface area contributed by atoms with Crippen LogP contribution in [0.3, 0.4) is 0 Å². The van der Waals surface area contributed by atoms with E-state index in [2.05, 4.69) is 0 Å². The first-order chi connectivity index (χ1) is 22.8. The lowest BCUT2D eigenvalue weighted by atomic mass is 9.82. The van der Waals surface area contributed by atoms with Crippen LogP contribution in [0.15, 0.2) is 0 Å². The summed E-state index contributed by atoms with van der Waals surface area (Å²) < 4.78 is 457. The molecule has 0 spiro atoms. The minimum atomic E-state index is -10.3. The topological polar surface area (TPSA) is 17.8 Å². The van der Waals surface area contributed by atoms with Crippen molar-refractivity contribution in [3.05, 3.63) is 18.0 Å².